The first-order valence-corrected chi connectivity index (χ1v) is 4.03. The molecular formula is C7H9BClNO2. The maximum absolute atomic E-state index is 8.90. The van der Waals surface area contributed by atoms with Crippen LogP contribution in [0.1, 0.15) is 12.5 Å². The molecule has 0 fully saturated rings. The normalized spacial score (nSPS) is 10.0. The van der Waals surface area contributed by atoms with Crippen LogP contribution in [0.25, 0.3) is 0 Å². The maximum Gasteiger partial charge on any atom is 0.490 e. The van der Waals surface area contributed by atoms with Crippen LogP contribution in [0, 0.1) is 0 Å². The predicted molar refractivity (Wildman–Crippen MR) is 48.5 cm³/mol. The number of rotatable bonds is 2. The molecule has 3 nitrogen and oxygen atoms in total. The SMILES string of the molecule is CCc1cc(Cl)ncc1B(O)O. The molecule has 64 valence electrons. The van der Waals surface area contributed by atoms with Gasteiger partial charge in [0.1, 0.15) is 5.15 Å². The van der Waals surface area contributed by atoms with E-state index in [2.05, 4.69) is 4.98 Å². The molecule has 0 aliphatic carbocycles. The van der Waals surface area contributed by atoms with E-state index in [1.54, 1.807) is 6.07 Å². The van der Waals surface area contributed by atoms with Crippen molar-refractivity contribution in [1.82, 2.24) is 4.98 Å². The van der Waals surface area contributed by atoms with Gasteiger partial charge in [0.15, 0.2) is 0 Å². The standard InChI is InChI=1S/C7H9BClNO2/c1-2-5-3-7(9)10-4-6(5)8(11)12/h3-4,11-12H,2H2,1H3. The van der Waals surface area contributed by atoms with Crippen LogP contribution in [0.2, 0.25) is 5.15 Å². The summed E-state index contributed by atoms with van der Waals surface area (Å²) >= 11 is 5.63. The Morgan fingerprint density at radius 1 is 1.58 bits per heavy atom. The summed E-state index contributed by atoms with van der Waals surface area (Å²) in [6.07, 6.45) is 2.08. The van der Waals surface area contributed by atoms with E-state index in [-0.39, 0.29) is 0 Å². The Kier molecular flexibility index (Phi) is 3.09. The summed E-state index contributed by atoms with van der Waals surface area (Å²) in [5.41, 5.74) is 1.23. The average Bonchev–Trinajstić information content (AvgIpc) is 2.03. The number of hydrogen-bond acceptors (Lipinski definition) is 3. The number of nitrogens with zero attached hydrogens (tertiary/aromatic N) is 1. The summed E-state index contributed by atoms with van der Waals surface area (Å²) in [7, 11) is -1.47. The van der Waals surface area contributed by atoms with Crippen LogP contribution in [-0.4, -0.2) is 22.2 Å². The first kappa shape index (κ1) is 9.51. The minimum Gasteiger partial charge on any atom is -0.423 e. The summed E-state index contributed by atoms with van der Waals surface area (Å²) in [4.78, 5) is 3.75. The zero-order chi connectivity index (χ0) is 9.14. The van der Waals surface area contributed by atoms with Gasteiger partial charge in [-0.05, 0) is 18.1 Å². The molecule has 1 rings (SSSR count). The monoisotopic (exact) mass is 185 g/mol. The van der Waals surface area contributed by atoms with Crippen LogP contribution in [0.5, 0.6) is 0 Å². The molecule has 0 spiro atoms. The Labute approximate surface area is 76.2 Å². The van der Waals surface area contributed by atoms with Gasteiger partial charge >= 0.3 is 7.12 Å². The highest BCUT2D eigenvalue weighted by atomic mass is 35.5. The van der Waals surface area contributed by atoms with Gasteiger partial charge in [0.25, 0.3) is 0 Å². The van der Waals surface area contributed by atoms with Gasteiger partial charge in [0.05, 0.1) is 0 Å². The lowest BCUT2D eigenvalue weighted by atomic mass is 9.78. The third-order valence-corrected chi connectivity index (χ3v) is 1.86. The van der Waals surface area contributed by atoms with E-state index >= 15 is 0 Å². The summed E-state index contributed by atoms with van der Waals surface area (Å²) < 4.78 is 0. The highest BCUT2D eigenvalue weighted by Gasteiger charge is 2.15. The molecule has 0 aliphatic heterocycles. The van der Waals surface area contributed by atoms with Crippen LogP contribution in [0.15, 0.2) is 12.3 Å². The molecule has 12 heavy (non-hydrogen) atoms. The molecule has 0 amide bonds. The lowest BCUT2D eigenvalue weighted by Gasteiger charge is -2.05. The van der Waals surface area contributed by atoms with Gasteiger partial charge in [-0.1, -0.05) is 18.5 Å². The third kappa shape index (κ3) is 1.97. The fourth-order valence-electron chi connectivity index (χ4n) is 1.02. The summed E-state index contributed by atoms with van der Waals surface area (Å²) in [5.74, 6) is 0. The molecular weight excluding hydrogens is 176 g/mol. The van der Waals surface area contributed by atoms with E-state index in [4.69, 9.17) is 21.6 Å². The smallest absolute Gasteiger partial charge is 0.423 e. The Morgan fingerprint density at radius 2 is 2.25 bits per heavy atom. The molecule has 0 radical (unpaired) electrons. The zero-order valence-corrected chi connectivity index (χ0v) is 7.41. The van der Waals surface area contributed by atoms with Crippen molar-refractivity contribution in [3.63, 3.8) is 0 Å². The number of hydrogen-bond donors (Lipinski definition) is 2. The third-order valence-electron chi connectivity index (χ3n) is 1.65. The first-order chi connectivity index (χ1) is 5.65. The first-order valence-electron chi connectivity index (χ1n) is 3.65. The summed E-state index contributed by atoms with van der Waals surface area (Å²) in [6, 6.07) is 1.64. The van der Waals surface area contributed by atoms with Crippen molar-refractivity contribution in [3.05, 3.63) is 23.0 Å². The Bertz CT molecular complexity index is 280. The van der Waals surface area contributed by atoms with E-state index in [0.29, 0.717) is 17.0 Å². The van der Waals surface area contributed by atoms with Gasteiger partial charge < -0.3 is 10.0 Å². The highest BCUT2D eigenvalue weighted by molar-refractivity contribution is 6.59. The zero-order valence-electron chi connectivity index (χ0n) is 6.66. The van der Waals surface area contributed by atoms with Crippen molar-refractivity contribution < 1.29 is 10.0 Å². The van der Waals surface area contributed by atoms with E-state index in [1.165, 1.54) is 6.20 Å². The quantitative estimate of drug-likeness (QED) is 0.503. The van der Waals surface area contributed by atoms with E-state index in [1.807, 2.05) is 6.92 Å². The second kappa shape index (κ2) is 3.89. The van der Waals surface area contributed by atoms with Crippen molar-refractivity contribution in [2.45, 2.75) is 13.3 Å². The van der Waals surface area contributed by atoms with Gasteiger partial charge in [0.2, 0.25) is 0 Å². The lowest BCUT2D eigenvalue weighted by Crippen LogP contribution is -2.33. The summed E-state index contributed by atoms with van der Waals surface area (Å²) in [6.45, 7) is 1.91. The molecule has 1 aromatic rings. The van der Waals surface area contributed by atoms with Crippen molar-refractivity contribution in [3.8, 4) is 0 Å². The van der Waals surface area contributed by atoms with Crippen LogP contribution in [-0.2, 0) is 6.42 Å². The molecule has 2 N–H and O–H groups in total. The largest absolute Gasteiger partial charge is 0.490 e. The number of aryl methyl sites for hydroxylation is 1. The maximum atomic E-state index is 8.90. The molecule has 0 unspecified atom stereocenters. The molecule has 0 saturated carbocycles. The van der Waals surface area contributed by atoms with Gasteiger partial charge in [-0.25, -0.2) is 4.98 Å². The molecule has 0 aliphatic rings. The van der Waals surface area contributed by atoms with Gasteiger partial charge in [-0.3, -0.25) is 0 Å². The minimum atomic E-state index is -1.47. The van der Waals surface area contributed by atoms with Crippen molar-refractivity contribution in [2.24, 2.45) is 0 Å². The summed E-state index contributed by atoms with van der Waals surface area (Å²) in [5, 5.41) is 18.2. The lowest BCUT2D eigenvalue weighted by molar-refractivity contribution is 0.425. The molecule has 1 aromatic heterocycles. The fraction of sp³-hybridized carbons (Fsp3) is 0.286. The topological polar surface area (TPSA) is 53.4 Å². The van der Waals surface area contributed by atoms with Crippen LogP contribution in [0.4, 0.5) is 0 Å². The van der Waals surface area contributed by atoms with Crippen LogP contribution in [0.3, 0.4) is 0 Å². The molecule has 0 atom stereocenters. The molecule has 0 saturated heterocycles. The van der Waals surface area contributed by atoms with Crippen molar-refractivity contribution in [2.75, 3.05) is 0 Å². The van der Waals surface area contributed by atoms with E-state index in [9.17, 15) is 0 Å². The van der Waals surface area contributed by atoms with Crippen molar-refractivity contribution in [1.29, 1.82) is 0 Å². The van der Waals surface area contributed by atoms with Gasteiger partial charge in [-0.15, -0.1) is 0 Å². The molecule has 5 heteroatoms. The number of aromatic nitrogens is 1. The second-order valence-corrected chi connectivity index (χ2v) is 2.82. The predicted octanol–water partition coefficient (Wildman–Crippen LogP) is -0.0228. The average molecular weight is 185 g/mol. The molecule has 1 heterocycles. The van der Waals surface area contributed by atoms with Crippen molar-refractivity contribution >= 4 is 24.2 Å². The Hall–Kier alpha value is -0.575. The molecule has 0 bridgehead atoms. The number of halogens is 1. The van der Waals surface area contributed by atoms with Gasteiger partial charge in [-0.2, -0.15) is 0 Å². The Balaban J connectivity index is 3.11. The molecule has 0 aromatic carbocycles. The fourth-order valence-corrected chi connectivity index (χ4v) is 1.20. The minimum absolute atomic E-state index is 0.372. The van der Waals surface area contributed by atoms with Crippen LogP contribution >= 0.6 is 11.6 Å². The number of pyridine rings is 1. The Morgan fingerprint density at radius 3 is 2.75 bits per heavy atom. The van der Waals surface area contributed by atoms with Crippen LogP contribution < -0.4 is 5.46 Å². The highest BCUT2D eigenvalue weighted by Crippen LogP contribution is 2.05. The van der Waals surface area contributed by atoms with E-state index in [0.717, 1.165) is 5.56 Å². The van der Waals surface area contributed by atoms with Gasteiger partial charge in [0, 0.05) is 11.7 Å². The van der Waals surface area contributed by atoms with E-state index < -0.39 is 7.12 Å². The second-order valence-electron chi connectivity index (χ2n) is 2.43.